The van der Waals surface area contributed by atoms with Crippen LogP contribution in [0.3, 0.4) is 0 Å². The third-order valence-electron chi connectivity index (χ3n) is 6.22. The van der Waals surface area contributed by atoms with Crippen LogP contribution in [-0.4, -0.2) is 19.1 Å². The number of rotatable bonds is 5. The smallest absolute Gasteiger partial charge is 0.188 e. The van der Waals surface area contributed by atoms with E-state index >= 15 is 0 Å². The van der Waals surface area contributed by atoms with Gasteiger partial charge in [-0.1, -0.05) is 19.1 Å². The van der Waals surface area contributed by atoms with Gasteiger partial charge in [0.25, 0.3) is 0 Å². The van der Waals surface area contributed by atoms with E-state index in [0.29, 0.717) is 36.3 Å². The van der Waals surface area contributed by atoms with Crippen molar-refractivity contribution in [2.24, 2.45) is 11.8 Å². The summed E-state index contributed by atoms with van der Waals surface area (Å²) < 4.78 is 56.5. The fraction of sp³-hybridized carbons (Fsp3) is 0.739. The summed E-state index contributed by atoms with van der Waals surface area (Å²) in [6, 6.07) is 3.28. The van der Waals surface area contributed by atoms with Crippen molar-refractivity contribution < 1.29 is 22.3 Å². The molecule has 0 N–H and O–H groups in total. The topological polar surface area (TPSA) is 9.23 Å². The van der Waals surface area contributed by atoms with Gasteiger partial charge in [-0.2, -0.15) is 0 Å². The Hall–Kier alpha value is -1.10. The van der Waals surface area contributed by atoms with Gasteiger partial charge in [0.15, 0.2) is 18.5 Å². The molecule has 0 aromatic heterocycles. The van der Waals surface area contributed by atoms with Gasteiger partial charge in [0, 0.05) is 0 Å². The first-order chi connectivity index (χ1) is 13.4. The van der Waals surface area contributed by atoms with Crippen LogP contribution in [-0.2, 0) is 11.2 Å². The van der Waals surface area contributed by atoms with E-state index in [4.69, 9.17) is 4.74 Å². The van der Waals surface area contributed by atoms with Crippen molar-refractivity contribution in [1.82, 2.24) is 0 Å². The normalized spacial score (nSPS) is 27.8. The molecule has 0 unspecified atom stereocenters. The van der Waals surface area contributed by atoms with Crippen molar-refractivity contribution in [3.63, 3.8) is 0 Å². The summed E-state index contributed by atoms with van der Waals surface area (Å²) in [6.07, 6.45) is 8.40. The van der Waals surface area contributed by atoms with E-state index in [9.17, 15) is 17.6 Å². The van der Waals surface area contributed by atoms with Crippen molar-refractivity contribution in [2.45, 2.75) is 90.3 Å². The first kappa shape index (κ1) is 23.2. The molecular weight excluding hydrogens is 368 g/mol. The van der Waals surface area contributed by atoms with Gasteiger partial charge in [-0.3, -0.25) is 0 Å². The van der Waals surface area contributed by atoms with E-state index in [1.807, 2.05) is 0 Å². The Morgan fingerprint density at radius 2 is 1.57 bits per heavy atom. The van der Waals surface area contributed by atoms with E-state index < -0.39 is 24.7 Å². The van der Waals surface area contributed by atoms with E-state index in [1.165, 1.54) is 12.8 Å². The molecule has 1 aromatic carbocycles. The Bertz CT molecular complexity index is 576. The molecule has 2 aliphatic rings. The molecule has 0 spiro atoms. The number of halogens is 4. The maximum Gasteiger partial charge on any atom is 0.188 e. The van der Waals surface area contributed by atoms with Gasteiger partial charge >= 0.3 is 0 Å². The largest absolute Gasteiger partial charge is 0.347 e. The van der Waals surface area contributed by atoms with Gasteiger partial charge in [-0.15, -0.1) is 0 Å². The van der Waals surface area contributed by atoms with Crippen molar-refractivity contribution in [2.75, 3.05) is 6.86 Å². The SMILES string of the molecule is CC1CCC(OCF)CC1.Cc1ccc(CCC2CCC(F)CC2)c(F)c1F. The number of hydrogen-bond acceptors (Lipinski definition) is 1. The molecule has 0 heterocycles. The van der Waals surface area contributed by atoms with Crippen molar-refractivity contribution in [3.8, 4) is 0 Å². The Labute approximate surface area is 166 Å². The lowest BCUT2D eigenvalue weighted by molar-refractivity contribution is -0.0274. The lowest BCUT2D eigenvalue weighted by Crippen LogP contribution is -2.19. The van der Waals surface area contributed by atoms with Crippen LogP contribution in [0.15, 0.2) is 12.1 Å². The van der Waals surface area contributed by atoms with Crippen LogP contribution in [0, 0.1) is 30.4 Å². The summed E-state index contributed by atoms with van der Waals surface area (Å²) in [4.78, 5) is 0. The highest BCUT2D eigenvalue weighted by Crippen LogP contribution is 2.30. The van der Waals surface area contributed by atoms with Gasteiger partial charge in [-0.05, 0) is 94.1 Å². The lowest BCUT2D eigenvalue weighted by Gasteiger charge is -2.24. The fourth-order valence-electron chi connectivity index (χ4n) is 4.13. The fourth-order valence-corrected chi connectivity index (χ4v) is 4.13. The van der Waals surface area contributed by atoms with Crippen LogP contribution in [0.2, 0.25) is 0 Å². The summed E-state index contributed by atoms with van der Waals surface area (Å²) in [6.45, 7) is 3.19. The maximum atomic E-state index is 13.6. The molecule has 0 amide bonds. The molecule has 1 nitrogen and oxygen atoms in total. The standard InChI is InChI=1S/C15H19F3.C8H15FO/c1-10-2-6-12(15(18)14(10)17)7-3-11-4-8-13(16)9-5-11;1-7-2-4-8(5-3-7)10-6-9/h2,6,11,13H,3-5,7-9H2,1H3;7-8H,2-6H2,1H3. The van der Waals surface area contributed by atoms with Crippen LogP contribution in [0.25, 0.3) is 0 Å². The van der Waals surface area contributed by atoms with Crippen molar-refractivity contribution in [1.29, 1.82) is 0 Å². The number of ether oxygens (including phenoxy) is 1. The van der Waals surface area contributed by atoms with Gasteiger partial charge in [0.05, 0.1) is 6.10 Å². The van der Waals surface area contributed by atoms with Gasteiger partial charge in [0.1, 0.15) is 6.17 Å². The van der Waals surface area contributed by atoms with Crippen LogP contribution < -0.4 is 0 Å². The minimum absolute atomic E-state index is 0.209. The average Bonchev–Trinajstić information content (AvgIpc) is 2.69. The molecule has 3 rings (SSSR count). The van der Waals surface area contributed by atoms with Gasteiger partial charge < -0.3 is 4.74 Å². The third kappa shape index (κ3) is 7.38. The first-order valence-corrected chi connectivity index (χ1v) is 10.7. The molecule has 0 bridgehead atoms. The second-order valence-electron chi connectivity index (χ2n) is 8.48. The second-order valence-corrected chi connectivity index (χ2v) is 8.48. The summed E-state index contributed by atoms with van der Waals surface area (Å²) in [5.74, 6) is -0.172. The van der Waals surface area contributed by atoms with E-state index in [2.05, 4.69) is 6.92 Å². The van der Waals surface area contributed by atoms with E-state index in [1.54, 1.807) is 19.1 Å². The summed E-state index contributed by atoms with van der Waals surface area (Å²) in [7, 11) is 0. The summed E-state index contributed by atoms with van der Waals surface area (Å²) in [5, 5.41) is 0. The highest BCUT2D eigenvalue weighted by Gasteiger charge is 2.21. The third-order valence-corrected chi connectivity index (χ3v) is 6.22. The number of aryl methyl sites for hydroxylation is 2. The van der Waals surface area contributed by atoms with Crippen molar-refractivity contribution in [3.05, 3.63) is 34.9 Å². The predicted octanol–water partition coefficient (Wildman–Crippen LogP) is 7.24. The molecule has 2 fully saturated rings. The molecule has 28 heavy (non-hydrogen) atoms. The van der Waals surface area contributed by atoms with Crippen LogP contribution in [0.1, 0.15) is 75.8 Å². The van der Waals surface area contributed by atoms with Crippen LogP contribution >= 0.6 is 0 Å². The van der Waals surface area contributed by atoms with E-state index in [0.717, 1.165) is 38.0 Å². The maximum absolute atomic E-state index is 13.6. The zero-order valence-corrected chi connectivity index (χ0v) is 17.2. The molecular formula is C23H34F4O. The number of hydrogen-bond donors (Lipinski definition) is 0. The first-order valence-electron chi connectivity index (χ1n) is 10.7. The minimum atomic E-state index is -0.736. The zero-order valence-electron chi connectivity index (χ0n) is 17.2. The zero-order chi connectivity index (χ0) is 20.5. The lowest BCUT2D eigenvalue weighted by atomic mass is 9.84. The Kier molecular flexibility index (Phi) is 9.76. The quantitative estimate of drug-likeness (QED) is 0.472. The Morgan fingerprint density at radius 1 is 0.929 bits per heavy atom. The summed E-state index contributed by atoms with van der Waals surface area (Å²) in [5.41, 5.74) is 0.787. The Morgan fingerprint density at radius 3 is 2.18 bits per heavy atom. The van der Waals surface area contributed by atoms with Crippen LogP contribution in [0.5, 0.6) is 0 Å². The molecule has 0 saturated heterocycles. The van der Waals surface area contributed by atoms with E-state index in [-0.39, 0.29) is 6.10 Å². The monoisotopic (exact) mass is 402 g/mol. The second kappa shape index (κ2) is 11.8. The summed E-state index contributed by atoms with van der Waals surface area (Å²) >= 11 is 0. The highest BCUT2D eigenvalue weighted by molar-refractivity contribution is 5.25. The van der Waals surface area contributed by atoms with Crippen LogP contribution in [0.4, 0.5) is 17.6 Å². The average molecular weight is 403 g/mol. The number of alkyl halides is 2. The van der Waals surface area contributed by atoms with Crippen molar-refractivity contribution >= 4 is 0 Å². The molecule has 160 valence electrons. The molecule has 0 atom stereocenters. The highest BCUT2D eigenvalue weighted by atomic mass is 19.2. The Balaban J connectivity index is 0.000000237. The van der Waals surface area contributed by atoms with Gasteiger partial charge in [-0.25, -0.2) is 17.6 Å². The molecule has 5 heteroatoms. The van der Waals surface area contributed by atoms with Gasteiger partial charge in [0.2, 0.25) is 0 Å². The molecule has 2 aliphatic carbocycles. The predicted molar refractivity (Wildman–Crippen MR) is 105 cm³/mol. The molecule has 2 saturated carbocycles. The number of benzene rings is 1. The molecule has 0 aliphatic heterocycles. The minimum Gasteiger partial charge on any atom is -0.347 e. The molecule has 0 radical (unpaired) electrons. The molecule has 1 aromatic rings.